The van der Waals surface area contributed by atoms with Gasteiger partial charge in [0, 0.05) is 19.1 Å². The van der Waals surface area contributed by atoms with Gasteiger partial charge in [0.15, 0.2) is 11.5 Å². The molecule has 3 aromatic rings. The largest absolute Gasteiger partial charge is 0.361 e. The molecule has 0 atom stereocenters. The van der Waals surface area contributed by atoms with Crippen molar-refractivity contribution in [2.24, 2.45) is 0 Å². The highest BCUT2D eigenvalue weighted by atomic mass is 35.5. The molecule has 0 saturated heterocycles. The average Bonchev–Trinajstić information content (AvgIpc) is 2.70. The number of nitrogens with one attached hydrogen (secondary N) is 2. The van der Waals surface area contributed by atoms with E-state index in [-0.39, 0.29) is 22.1 Å². The van der Waals surface area contributed by atoms with E-state index in [1.165, 1.54) is 36.4 Å². The van der Waals surface area contributed by atoms with Gasteiger partial charge < -0.3 is 10.2 Å². The molecule has 0 aliphatic rings. The number of anilines is 3. The van der Waals surface area contributed by atoms with Crippen molar-refractivity contribution in [3.63, 3.8) is 0 Å². The highest BCUT2D eigenvalue weighted by molar-refractivity contribution is 7.92. The number of amides is 1. The van der Waals surface area contributed by atoms with Gasteiger partial charge in [-0.2, -0.15) is 0 Å². The van der Waals surface area contributed by atoms with Crippen LogP contribution >= 0.6 is 11.6 Å². The predicted molar refractivity (Wildman–Crippen MR) is 113 cm³/mol. The highest BCUT2D eigenvalue weighted by Gasteiger charge is 2.21. The first-order valence-corrected chi connectivity index (χ1v) is 10.4. The molecule has 11 heteroatoms. The maximum atomic E-state index is 13.9. The minimum Gasteiger partial charge on any atom is -0.361 e. The summed E-state index contributed by atoms with van der Waals surface area (Å²) in [5.41, 5.74) is 0.100. The minimum absolute atomic E-state index is 0.00822. The normalized spacial score (nSPS) is 11.1. The molecule has 3 rings (SSSR count). The lowest BCUT2D eigenvalue weighted by atomic mass is 10.2. The van der Waals surface area contributed by atoms with Gasteiger partial charge in [-0.05, 0) is 42.5 Å². The maximum Gasteiger partial charge on any atom is 0.276 e. The Kier molecular flexibility index (Phi) is 6.18. The molecule has 0 aliphatic carbocycles. The fourth-order valence-electron chi connectivity index (χ4n) is 2.44. The minimum atomic E-state index is -4.25. The van der Waals surface area contributed by atoms with E-state index < -0.39 is 26.6 Å². The first kappa shape index (κ1) is 21.5. The first-order valence-electron chi connectivity index (χ1n) is 8.56. The second kappa shape index (κ2) is 8.64. The number of hydrogen-bond acceptors (Lipinski definition) is 6. The molecule has 2 N–H and O–H groups in total. The molecule has 0 radical (unpaired) electrons. The Balaban J connectivity index is 1.88. The number of rotatable bonds is 6. The summed E-state index contributed by atoms with van der Waals surface area (Å²) >= 11 is 5.99. The van der Waals surface area contributed by atoms with E-state index in [0.29, 0.717) is 5.82 Å². The van der Waals surface area contributed by atoms with Gasteiger partial charge in [0.1, 0.15) is 10.7 Å². The van der Waals surface area contributed by atoms with Crippen molar-refractivity contribution in [3.05, 3.63) is 71.1 Å². The predicted octanol–water partition coefficient (Wildman–Crippen LogP) is 3.39. The second-order valence-corrected chi connectivity index (χ2v) is 8.44. The molecule has 0 bridgehead atoms. The second-order valence-electron chi connectivity index (χ2n) is 6.35. The van der Waals surface area contributed by atoms with Crippen LogP contribution in [0.4, 0.5) is 21.6 Å². The van der Waals surface area contributed by atoms with Gasteiger partial charge in [0.2, 0.25) is 0 Å². The zero-order valence-corrected chi connectivity index (χ0v) is 17.5. The van der Waals surface area contributed by atoms with Gasteiger partial charge in [0.05, 0.1) is 11.4 Å². The van der Waals surface area contributed by atoms with Gasteiger partial charge in [-0.25, -0.2) is 12.8 Å². The molecule has 0 unspecified atom stereocenters. The van der Waals surface area contributed by atoms with Crippen molar-refractivity contribution in [2.75, 3.05) is 29.0 Å². The lowest BCUT2D eigenvalue weighted by Crippen LogP contribution is -2.19. The number of benzene rings is 2. The monoisotopic (exact) mass is 449 g/mol. The van der Waals surface area contributed by atoms with Crippen LogP contribution in [0.15, 0.2) is 59.5 Å². The summed E-state index contributed by atoms with van der Waals surface area (Å²) in [6.45, 7) is 0. The third-order valence-electron chi connectivity index (χ3n) is 3.94. The van der Waals surface area contributed by atoms with Crippen LogP contribution in [0.1, 0.15) is 10.5 Å². The quantitative estimate of drug-likeness (QED) is 0.597. The standard InChI is InChI=1S/C19H17ClFN5O3S/c1-26(2)18-10-9-15(23-24-18)19(27)22-16-11-12(20)7-8-14(16)25-30(28,29)17-6-4-3-5-13(17)21/h3-11,25H,1-2H3,(H,22,27). The summed E-state index contributed by atoms with van der Waals surface area (Å²) in [6.07, 6.45) is 0. The summed E-state index contributed by atoms with van der Waals surface area (Å²) in [4.78, 5) is 13.7. The third-order valence-corrected chi connectivity index (χ3v) is 5.58. The molecule has 1 heterocycles. The molecule has 2 aromatic carbocycles. The van der Waals surface area contributed by atoms with Crippen LogP contribution in [0.25, 0.3) is 0 Å². The van der Waals surface area contributed by atoms with Gasteiger partial charge in [0.25, 0.3) is 15.9 Å². The Morgan fingerprint density at radius 1 is 1.03 bits per heavy atom. The van der Waals surface area contributed by atoms with Gasteiger partial charge in [-0.1, -0.05) is 23.7 Å². The number of nitrogens with zero attached hydrogens (tertiary/aromatic N) is 3. The van der Waals surface area contributed by atoms with Gasteiger partial charge >= 0.3 is 0 Å². The number of aromatic nitrogens is 2. The van der Waals surface area contributed by atoms with E-state index in [4.69, 9.17) is 11.6 Å². The van der Waals surface area contributed by atoms with E-state index in [9.17, 15) is 17.6 Å². The SMILES string of the molecule is CN(C)c1ccc(C(=O)Nc2cc(Cl)ccc2NS(=O)(=O)c2ccccc2F)nn1. The van der Waals surface area contributed by atoms with Crippen molar-refractivity contribution in [1.82, 2.24) is 10.2 Å². The summed E-state index contributed by atoms with van der Waals surface area (Å²) in [5, 5.41) is 10.6. The molecule has 8 nitrogen and oxygen atoms in total. The summed E-state index contributed by atoms with van der Waals surface area (Å²) in [6, 6.07) is 12.2. The van der Waals surface area contributed by atoms with Crippen molar-refractivity contribution >= 4 is 44.7 Å². The molecule has 156 valence electrons. The third kappa shape index (κ3) is 4.84. The van der Waals surface area contributed by atoms with Crippen LogP contribution in [0.3, 0.4) is 0 Å². The Bertz CT molecular complexity index is 1190. The first-order chi connectivity index (χ1) is 14.2. The van der Waals surface area contributed by atoms with Crippen LogP contribution in [-0.2, 0) is 10.0 Å². The van der Waals surface area contributed by atoms with Gasteiger partial charge in [-0.15, -0.1) is 10.2 Å². The molecule has 0 aliphatic heterocycles. The maximum absolute atomic E-state index is 13.9. The van der Waals surface area contributed by atoms with Crippen molar-refractivity contribution in [3.8, 4) is 0 Å². The van der Waals surface area contributed by atoms with Crippen LogP contribution < -0.4 is 14.9 Å². The lowest BCUT2D eigenvalue weighted by molar-refractivity contribution is 0.102. The van der Waals surface area contributed by atoms with E-state index >= 15 is 0 Å². The fraction of sp³-hybridized carbons (Fsp3) is 0.105. The van der Waals surface area contributed by atoms with Crippen molar-refractivity contribution in [1.29, 1.82) is 0 Å². The molecule has 30 heavy (non-hydrogen) atoms. The van der Waals surface area contributed by atoms with Crippen LogP contribution in [0, 0.1) is 5.82 Å². The summed E-state index contributed by atoms with van der Waals surface area (Å²) in [7, 11) is -0.685. The number of carbonyl (C=O) groups is 1. The van der Waals surface area contributed by atoms with Crippen molar-refractivity contribution < 1.29 is 17.6 Å². The number of hydrogen-bond donors (Lipinski definition) is 2. The van der Waals surface area contributed by atoms with Crippen molar-refractivity contribution in [2.45, 2.75) is 4.90 Å². The van der Waals surface area contributed by atoms with E-state index in [2.05, 4.69) is 20.2 Å². The number of halogens is 2. The van der Waals surface area contributed by atoms with E-state index in [0.717, 1.165) is 12.1 Å². The molecule has 0 spiro atoms. The summed E-state index contributed by atoms with van der Waals surface area (Å²) < 4.78 is 41.4. The zero-order valence-electron chi connectivity index (χ0n) is 15.9. The van der Waals surface area contributed by atoms with Crippen LogP contribution in [0.2, 0.25) is 5.02 Å². The Labute approximate surface area is 177 Å². The highest BCUT2D eigenvalue weighted by Crippen LogP contribution is 2.29. The fourth-order valence-corrected chi connectivity index (χ4v) is 3.77. The van der Waals surface area contributed by atoms with E-state index in [1.807, 2.05) is 0 Å². The average molecular weight is 450 g/mol. The summed E-state index contributed by atoms with van der Waals surface area (Å²) in [5.74, 6) is -0.963. The Morgan fingerprint density at radius 3 is 2.40 bits per heavy atom. The Morgan fingerprint density at radius 2 is 1.77 bits per heavy atom. The molecular formula is C19H17ClFN5O3S. The topological polar surface area (TPSA) is 104 Å². The van der Waals surface area contributed by atoms with Crippen LogP contribution in [0.5, 0.6) is 0 Å². The molecular weight excluding hydrogens is 433 g/mol. The number of sulfonamides is 1. The van der Waals surface area contributed by atoms with E-state index in [1.54, 1.807) is 25.1 Å². The lowest BCUT2D eigenvalue weighted by Gasteiger charge is -2.14. The number of carbonyl (C=O) groups excluding carboxylic acids is 1. The molecule has 0 saturated carbocycles. The molecule has 0 fully saturated rings. The molecule has 1 aromatic heterocycles. The molecule has 1 amide bonds. The smallest absolute Gasteiger partial charge is 0.276 e. The Hall–Kier alpha value is -3.24. The van der Waals surface area contributed by atoms with Gasteiger partial charge in [-0.3, -0.25) is 9.52 Å². The van der Waals surface area contributed by atoms with Crippen LogP contribution in [-0.4, -0.2) is 38.6 Å². The zero-order chi connectivity index (χ0) is 21.9.